The van der Waals surface area contributed by atoms with E-state index < -0.39 is 53.6 Å². The second kappa shape index (κ2) is 12.8. The molecule has 0 saturated heterocycles. The second-order valence-corrected chi connectivity index (χ2v) is 11.1. The molecule has 0 aromatic heterocycles. The number of ether oxygens (including phenoxy) is 2. The van der Waals surface area contributed by atoms with Crippen molar-refractivity contribution in [3.63, 3.8) is 0 Å². The van der Waals surface area contributed by atoms with E-state index in [9.17, 15) is 24.3 Å². The molecule has 10 nitrogen and oxygen atoms in total. The lowest BCUT2D eigenvalue weighted by atomic mass is 9.91. The number of nitrogens with zero attached hydrogens (tertiary/aromatic N) is 1. The summed E-state index contributed by atoms with van der Waals surface area (Å²) in [6.45, 7) is 15.4. The van der Waals surface area contributed by atoms with Crippen LogP contribution in [0.3, 0.4) is 0 Å². The zero-order valence-electron chi connectivity index (χ0n) is 23.7. The number of phenolic OH excluding ortho intramolecular Hbond substituents is 1. The van der Waals surface area contributed by atoms with E-state index in [1.54, 1.807) is 66.7 Å². The molecule has 0 aliphatic carbocycles. The number of nitrogens with one attached hydrogen (secondary N) is 2. The Morgan fingerprint density at radius 2 is 1.68 bits per heavy atom. The van der Waals surface area contributed by atoms with Gasteiger partial charge in [-0.15, -0.1) is 0 Å². The average Bonchev–Trinajstić information content (AvgIpc) is 2.78. The maximum atomic E-state index is 14.2. The molecule has 0 aliphatic heterocycles. The van der Waals surface area contributed by atoms with Crippen LogP contribution in [0.25, 0.3) is 0 Å². The van der Waals surface area contributed by atoms with Gasteiger partial charge in [-0.2, -0.15) is 0 Å². The number of phenols is 1. The molecule has 1 aromatic rings. The Bertz CT molecular complexity index is 979. The van der Waals surface area contributed by atoms with Crippen molar-refractivity contribution in [1.82, 2.24) is 15.5 Å². The first kappa shape index (κ1) is 31.7. The van der Waals surface area contributed by atoms with Gasteiger partial charge >= 0.3 is 12.1 Å². The van der Waals surface area contributed by atoms with E-state index in [0.717, 1.165) is 0 Å². The van der Waals surface area contributed by atoms with Gasteiger partial charge in [-0.1, -0.05) is 38.5 Å². The molecule has 0 fully saturated rings. The molecular weight excluding hydrogens is 478 g/mol. The fourth-order valence-electron chi connectivity index (χ4n) is 3.74. The van der Waals surface area contributed by atoms with Gasteiger partial charge in [-0.3, -0.25) is 14.4 Å². The summed E-state index contributed by atoms with van der Waals surface area (Å²) in [6.07, 6.45) is -0.205. The maximum Gasteiger partial charge on any atom is 0.408 e. The Morgan fingerprint density at radius 3 is 2.16 bits per heavy atom. The standard InChI is InChI=1S/C27H43N3O7/c1-11-16(2)20(29-25(35)37-27(7,8)9)24(34)30(26(4,5)6)21(23(33)28-15-19(31)36-10)18-14-12-13-17(3)22(18)32/h12-14,16,20-21,32H,11,15H2,1-10H3,(H,28,33)(H,29,35). The minimum atomic E-state index is -1.32. The lowest BCUT2D eigenvalue weighted by Crippen LogP contribution is -2.60. The van der Waals surface area contributed by atoms with E-state index in [4.69, 9.17) is 4.74 Å². The van der Waals surface area contributed by atoms with Crippen LogP contribution in [-0.2, 0) is 23.9 Å². The van der Waals surface area contributed by atoms with Crippen LogP contribution in [0.4, 0.5) is 4.79 Å². The minimum Gasteiger partial charge on any atom is -0.507 e. The monoisotopic (exact) mass is 521 g/mol. The highest BCUT2D eigenvalue weighted by molar-refractivity contribution is 5.94. The first-order valence-corrected chi connectivity index (χ1v) is 12.4. The predicted octanol–water partition coefficient (Wildman–Crippen LogP) is 3.60. The quantitative estimate of drug-likeness (QED) is 0.423. The van der Waals surface area contributed by atoms with Crippen molar-refractivity contribution in [3.05, 3.63) is 29.3 Å². The second-order valence-electron chi connectivity index (χ2n) is 11.1. The maximum absolute atomic E-state index is 14.2. The largest absolute Gasteiger partial charge is 0.507 e. The van der Waals surface area contributed by atoms with Crippen molar-refractivity contribution in [2.24, 2.45) is 5.92 Å². The predicted molar refractivity (Wildman–Crippen MR) is 140 cm³/mol. The van der Waals surface area contributed by atoms with E-state index >= 15 is 0 Å². The third-order valence-corrected chi connectivity index (χ3v) is 5.82. The molecular formula is C27H43N3O7. The van der Waals surface area contributed by atoms with Crippen molar-refractivity contribution >= 4 is 23.9 Å². The number of benzene rings is 1. The summed E-state index contributed by atoms with van der Waals surface area (Å²) >= 11 is 0. The van der Waals surface area contributed by atoms with E-state index in [1.165, 1.54) is 12.0 Å². The Morgan fingerprint density at radius 1 is 1.08 bits per heavy atom. The van der Waals surface area contributed by atoms with Gasteiger partial charge in [0.2, 0.25) is 11.8 Å². The summed E-state index contributed by atoms with van der Waals surface area (Å²) < 4.78 is 10.0. The lowest BCUT2D eigenvalue weighted by molar-refractivity contribution is -0.150. The number of rotatable bonds is 9. The summed E-state index contributed by atoms with van der Waals surface area (Å²) in [5.74, 6) is -2.35. The molecule has 3 N–H and O–H groups in total. The Hall–Kier alpha value is -3.30. The minimum absolute atomic E-state index is 0.150. The molecule has 1 rings (SSSR count). The number of hydrogen-bond donors (Lipinski definition) is 3. The molecule has 0 heterocycles. The number of amides is 3. The van der Waals surface area contributed by atoms with Gasteiger partial charge in [0.25, 0.3) is 0 Å². The first-order valence-electron chi connectivity index (χ1n) is 12.4. The SMILES string of the molecule is CCC(C)C(NC(=O)OC(C)(C)C)C(=O)N(C(C(=O)NCC(=O)OC)c1cccc(C)c1O)C(C)(C)C. The smallest absolute Gasteiger partial charge is 0.408 e. The molecule has 208 valence electrons. The van der Waals surface area contributed by atoms with Crippen molar-refractivity contribution in [1.29, 1.82) is 0 Å². The molecule has 0 aliphatic rings. The van der Waals surface area contributed by atoms with Crippen molar-refractivity contribution in [2.45, 2.75) is 92.0 Å². The molecule has 10 heteroatoms. The first-order chi connectivity index (χ1) is 16.9. The zero-order chi connectivity index (χ0) is 28.7. The summed E-state index contributed by atoms with van der Waals surface area (Å²) in [7, 11) is 1.20. The van der Waals surface area contributed by atoms with E-state index in [-0.39, 0.29) is 17.2 Å². The zero-order valence-corrected chi connectivity index (χ0v) is 23.7. The number of esters is 1. The molecule has 3 atom stereocenters. The van der Waals surface area contributed by atoms with Gasteiger partial charge in [-0.25, -0.2) is 4.79 Å². The number of para-hydroxylation sites is 1. The van der Waals surface area contributed by atoms with Gasteiger partial charge in [0.05, 0.1) is 7.11 Å². The Balaban J connectivity index is 3.67. The van der Waals surface area contributed by atoms with E-state index in [0.29, 0.717) is 12.0 Å². The van der Waals surface area contributed by atoms with Crippen LogP contribution >= 0.6 is 0 Å². The average molecular weight is 522 g/mol. The van der Waals surface area contributed by atoms with Crippen molar-refractivity contribution in [3.8, 4) is 5.75 Å². The number of carbonyl (C=O) groups is 4. The molecule has 37 heavy (non-hydrogen) atoms. The summed E-state index contributed by atoms with van der Waals surface area (Å²) in [6, 6.07) is 2.56. The molecule has 3 unspecified atom stereocenters. The number of methoxy groups -OCH3 is 1. The van der Waals surface area contributed by atoms with E-state index in [2.05, 4.69) is 15.4 Å². The summed E-state index contributed by atoms with van der Waals surface area (Å²) in [4.78, 5) is 53.5. The molecule has 0 bridgehead atoms. The van der Waals surface area contributed by atoms with Crippen LogP contribution in [0.15, 0.2) is 18.2 Å². The normalized spacial score (nSPS) is 14.1. The van der Waals surface area contributed by atoms with Crippen LogP contribution < -0.4 is 10.6 Å². The molecule has 1 aromatic carbocycles. The highest BCUT2D eigenvalue weighted by Crippen LogP contribution is 2.36. The molecule has 3 amide bonds. The highest BCUT2D eigenvalue weighted by atomic mass is 16.6. The van der Waals surface area contributed by atoms with E-state index in [1.807, 2.05) is 13.8 Å². The third kappa shape index (κ3) is 8.94. The van der Waals surface area contributed by atoms with Crippen LogP contribution in [0.2, 0.25) is 0 Å². The van der Waals surface area contributed by atoms with Crippen LogP contribution in [-0.4, -0.2) is 64.7 Å². The van der Waals surface area contributed by atoms with Crippen molar-refractivity contribution < 1.29 is 33.8 Å². The fourth-order valence-corrected chi connectivity index (χ4v) is 3.74. The third-order valence-electron chi connectivity index (χ3n) is 5.82. The topological polar surface area (TPSA) is 134 Å². The van der Waals surface area contributed by atoms with Crippen LogP contribution in [0, 0.1) is 12.8 Å². The van der Waals surface area contributed by atoms with Crippen molar-refractivity contribution in [2.75, 3.05) is 13.7 Å². The Labute approximate surface area is 220 Å². The van der Waals surface area contributed by atoms with Gasteiger partial charge in [0.1, 0.15) is 30.0 Å². The summed E-state index contributed by atoms with van der Waals surface area (Å²) in [5.41, 5.74) is -1.02. The van der Waals surface area contributed by atoms with Crippen LogP contribution in [0.1, 0.15) is 79.0 Å². The number of alkyl carbamates (subject to hydrolysis) is 1. The summed E-state index contributed by atoms with van der Waals surface area (Å²) in [5, 5.41) is 16.1. The lowest BCUT2D eigenvalue weighted by Gasteiger charge is -2.44. The highest BCUT2D eigenvalue weighted by Gasteiger charge is 2.44. The number of aromatic hydroxyl groups is 1. The van der Waals surface area contributed by atoms with Crippen LogP contribution in [0.5, 0.6) is 5.75 Å². The molecule has 0 radical (unpaired) electrons. The van der Waals surface area contributed by atoms with Gasteiger partial charge in [-0.05, 0) is 59.9 Å². The van der Waals surface area contributed by atoms with Gasteiger partial charge in [0, 0.05) is 11.1 Å². The number of aryl methyl sites for hydroxylation is 1. The molecule has 0 saturated carbocycles. The number of hydrogen-bond acceptors (Lipinski definition) is 7. The molecule has 0 spiro atoms. The van der Waals surface area contributed by atoms with Gasteiger partial charge in [0.15, 0.2) is 0 Å². The number of carbonyl (C=O) groups excluding carboxylic acids is 4. The van der Waals surface area contributed by atoms with Gasteiger partial charge < -0.3 is 30.1 Å². The fraction of sp³-hybridized carbons (Fsp3) is 0.630. The Kier molecular flexibility index (Phi) is 11.0.